The van der Waals surface area contributed by atoms with Gasteiger partial charge in [-0.2, -0.15) is 0 Å². The highest BCUT2D eigenvalue weighted by atomic mass is 14.6. The summed E-state index contributed by atoms with van der Waals surface area (Å²) in [5.74, 6) is 0. The van der Waals surface area contributed by atoms with Crippen molar-refractivity contribution in [3.8, 4) is 0 Å². The van der Waals surface area contributed by atoms with Gasteiger partial charge in [0.1, 0.15) is 0 Å². The summed E-state index contributed by atoms with van der Waals surface area (Å²) in [6, 6.07) is 2.15. The fourth-order valence-corrected chi connectivity index (χ4v) is 1.31. The van der Waals surface area contributed by atoms with Gasteiger partial charge in [0, 0.05) is 11.6 Å². The molecule has 0 aromatic carbocycles. The van der Waals surface area contributed by atoms with Crippen molar-refractivity contribution >= 4 is 0 Å². The first-order valence-corrected chi connectivity index (χ1v) is 3.59. The van der Waals surface area contributed by atoms with E-state index in [-0.39, 0.29) is 0 Å². The second kappa shape index (κ2) is 2.25. The molecular weight excluding hydrogens is 122 g/mol. The molecule has 1 aromatic heterocycles. The van der Waals surface area contributed by atoms with Crippen molar-refractivity contribution in [2.75, 3.05) is 0 Å². The molecule has 0 saturated carbocycles. The molecule has 0 amide bonds. The van der Waals surface area contributed by atoms with E-state index in [0.29, 0.717) is 0 Å². The van der Waals surface area contributed by atoms with Gasteiger partial charge >= 0.3 is 0 Å². The molecule has 50 valence electrons. The Hall–Kier alpha value is -1.11. The van der Waals surface area contributed by atoms with Crippen molar-refractivity contribution in [2.45, 2.75) is 12.8 Å². The summed E-state index contributed by atoms with van der Waals surface area (Å²) in [6.07, 6.45) is 10.7. The van der Waals surface area contributed by atoms with Gasteiger partial charge in [-0.3, -0.25) is 0 Å². The third kappa shape index (κ3) is 0.838. The first-order chi connectivity index (χ1) is 4.97. The van der Waals surface area contributed by atoms with Crippen LogP contribution >= 0.6 is 0 Å². The molecule has 2 rings (SSSR count). The van der Waals surface area contributed by atoms with E-state index in [4.69, 9.17) is 0 Å². The first kappa shape index (κ1) is 5.66. The molecule has 0 unspecified atom stereocenters. The molecule has 1 nitrogen and oxygen atoms in total. The predicted molar refractivity (Wildman–Crippen MR) is 39.5 cm³/mol. The third-order valence-electron chi connectivity index (χ3n) is 1.89. The zero-order valence-corrected chi connectivity index (χ0v) is 5.80. The molecule has 0 bridgehead atoms. The van der Waals surface area contributed by atoms with E-state index >= 15 is 0 Å². The third-order valence-corrected chi connectivity index (χ3v) is 1.89. The van der Waals surface area contributed by atoms with Gasteiger partial charge in [-0.15, -0.1) is 0 Å². The Morgan fingerprint density at radius 1 is 1.10 bits per heavy atom. The van der Waals surface area contributed by atoms with E-state index in [0.717, 1.165) is 12.8 Å². The van der Waals surface area contributed by atoms with E-state index in [2.05, 4.69) is 29.4 Å². The number of H-pyrrole nitrogens is 1. The highest BCUT2D eigenvalue weighted by molar-refractivity contribution is 5.29. The zero-order chi connectivity index (χ0) is 6.81. The fraction of sp³-hybridized carbons (Fsp3) is 0.222. The van der Waals surface area contributed by atoms with Crippen molar-refractivity contribution < 1.29 is 4.98 Å². The summed E-state index contributed by atoms with van der Waals surface area (Å²) in [7, 11) is 0. The van der Waals surface area contributed by atoms with Crippen LogP contribution in [0, 0.1) is 0 Å². The Balaban J connectivity index is 2.47. The number of aromatic nitrogens is 1. The van der Waals surface area contributed by atoms with E-state index < -0.39 is 0 Å². The number of aromatic amines is 1. The molecule has 1 heteroatoms. The van der Waals surface area contributed by atoms with Crippen LogP contribution in [0.2, 0.25) is 0 Å². The van der Waals surface area contributed by atoms with Crippen molar-refractivity contribution in [2.24, 2.45) is 0 Å². The van der Waals surface area contributed by atoms with Crippen LogP contribution in [0.4, 0.5) is 0 Å². The zero-order valence-electron chi connectivity index (χ0n) is 5.80. The minimum atomic E-state index is 1.09. The minimum absolute atomic E-state index is 1.09. The van der Waals surface area contributed by atoms with Gasteiger partial charge in [0.15, 0.2) is 12.4 Å². The van der Waals surface area contributed by atoms with Crippen molar-refractivity contribution in [3.05, 3.63) is 41.7 Å². The molecule has 1 aliphatic rings. The highest BCUT2D eigenvalue weighted by Gasteiger charge is 2.04. The van der Waals surface area contributed by atoms with Crippen LogP contribution in [0.25, 0.3) is 0 Å². The number of hydrogen-bond acceptors (Lipinski definition) is 0. The van der Waals surface area contributed by atoms with Gasteiger partial charge in [0.2, 0.25) is 0 Å². The summed E-state index contributed by atoms with van der Waals surface area (Å²) in [6.45, 7) is 0. The Bertz CT molecular complexity index is 236. The molecule has 0 radical (unpaired) electrons. The number of nitrogens with one attached hydrogen (secondary N) is 1. The molecule has 1 aromatic rings. The first-order valence-electron chi connectivity index (χ1n) is 3.59. The van der Waals surface area contributed by atoms with Crippen LogP contribution < -0.4 is 4.98 Å². The summed E-state index contributed by atoms with van der Waals surface area (Å²) in [4.78, 5) is 3.09. The van der Waals surface area contributed by atoms with Crippen LogP contribution in [0.1, 0.15) is 11.1 Å². The lowest BCUT2D eigenvalue weighted by Crippen LogP contribution is -2.06. The molecule has 1 heterocycles. The maximum atomic E-state index is 3.09. The average Bonchev–Trinajstić information content (AvgIpc) is 2.05. The van der Waals surface area contributed by atoms with Crippen LogP contribution in [-0.2, 0) is 12.8 Å². The van der Waals surface area contributed by atoms with Gasteiger partial charge in [-0.25, -0.2) is 4.98 Å². The standard InChI is InChI=1S/C9H9N/c1-2-4-9-7-10-6-5-8(9)3-1/h1-2,5-7H,3-4H2/p+1. The van der Waals surface area contributed by atoms with Crippen molar-refractivity contribution in [3.63, 3.8) is 0 Å². The number of rotatable bonds is 0. The van der Waals surface area contributed by atoms with Crippen molar-refractivity contribution in [1.29, 1.82) is 0 Å². The van der Waals surface area contributed by atoms with Crippen LogP contribution in [-0.4, -0.2) is 0 Å². The number of pyridine rings is 1. The van der Waals surface area contributed by atoms with Gasteiger partial charge in [-0.05, 0) is 18.4 Å². The second-order valence-electron chi connectivity index (χ2n) is 2.57. The maximum Gasteiger partial charge on any atom is 0.170 e. The summed E-state index contributed by atoms with van der Waals surface area (Å²) < 4.78 is 0. The van der Waals surface area contributed by atoms with E-state index in [1.165, 1.54) is 11.1 Å². The Morgan fingerprint density at radius 3 is 2.70 bits per heavy atom. The Labute approximate surface area is 60.4 Å². The average molecular weight is 132 g/mol. The highest BCUT2D eigenvalue weighted by Crippen LogP contribution is 2.12. The minimum Gasteiger partial charge on any atom is -0.218 e. The maximum absolute atomic E-state index is 3.09. The molecule has 0 saturated heterocycles. The number of hydrogen-bond donors (Lipinski definition) is 0. The topological polar surface area (TPSA) is 14.1 Å². The number of allylic oxidation sites excluding steroid dienone is 2. The molecule has 0 fully saturated rings. The smallest absolute Gasteiger partial charge is 0.170 e. The van der Waals surface area contributed by atoms with E-state index in [9.17, 15) is 0 Å². The van der Waals surface area contributed by atoms with Crippen LogP contribution in [0.3, 0.4) is 0 Å². The number of fused-ring (bicyclic) bond motifs is 1. The second-order valence-corrected chi connectivity index (χ2v) is 2.57. The Kier molecular flexibility index (Phi) is 1.28. The van der Waals surface area contributed by atoms with Gasteiger partial charge in [0.25, 0.3) is 0 Å². The van der Waals surface area contributed by atoms with E-state index in [1.54, 1.807) is 0 Å². The molecule has 0 atom stereocenters. The lowest BCUT2D eigenvalue weighted by atomic mass is 10.00. The van der Waals surface area contributed by atoms with Gasteiger partial charge in [-0.1, -0.05) is 12.2 Å². The lowest BCUT2D eigenvalue weighted by Gasteiger charge is -2.05. The van der Waals surface area contributed by atoms with Crippen LogP contribution in [0.15, 0.2) is 30.6 Å². The molecule has 0 aliphatic heterocycles. The summed E-state index contributed by atoms with van der Waals surface area (Å²) in [5, 5.41) is 0. The van der Waals surface area contributed by atoms with Crippen LogP contribution in [0.5, 0.6) is 0 Å². The predicted octanol–water partition coefficient (Wildman–Crippen LogP) is 1.16. The molecule has 1 aliphatic carbocycles. The largest absolute Gasteiger partial charge is 0.218 e. The monoisotopic (exact) mass is 132 g/mol. The normalized spacial score (nSPS) is 14.8. The summed E-state index contributed by atoms with van der Waals surface area (Å²) in [5.41, 5.74) is 2.89. The molecule has 10 heavy (non-hydrogen) atoms. The SMILES string of the molecule is C1=CCc2c[nH+]ccc2C1. The molecule has 1 N–H and O–H groups in total. The molecule has 0 spiro atoms. The Morgan fingerprint density at radius 2 is 1.90 bits per heavy atom. The van der Waals surface area contributed by atoms with Gasteiger partial charge in [0.05, 0.1) is 0 Å². The summed E-state index contributed by atoms with van der Waals surface area (Å²) >= 11 is 0. The van der Waals surface area contributed by atoms with Crippen molar-refractivity contribution in [1.82, 2.24) is 0 Å². The van der Waals surface area contributed by atoms with E-state index in [1.807, 2.05) is 6.20 Å². The lowest BCUT2D eigenvalue weighted by molar-refractivity contribution is -0.378. The quantitative estimate of drug-likeness (QED) is 0.470. The van der Waals surface area contributed by atoms with Gasteiger partial charge < -0.3 is 0 Å². The molecular formula is C9H10N+. The fourth-order valence-electron chi connectivity index (χ4n) is 1.31.